The fourth-order valence-corrected chi connectivity index (χ4v) is 3.87. The van der Waals surface area contributed by atoms with Crippen molar-refractivity contribution in [3.63, 3.8) is 0 Å². The Morgan fingerprint density at radius 3 is 2.60 bits per heavy atom. The van der Waals surface area contributed by atoms with Crippen molar-refractivity contribution in [1.82, 2.24) is 24.9 Å². The van der Waals surface area contributed by atoms with Crippen molar-refractivity contribution in [2.75, 3.05) is 31.4 Å². The summed E-state index contributed by atoms with van der Waals surface area (Å²) in [7, 11) is 1.51. The summed E-state index contributed by atoms with van der Waals surface area (Å²) in [4.78, 5) is 10.6. The zero-order valence-corrected chi connectivity index (χ0v) is 17.7. The van der Waals surface area contributed by atoms with Crippen molar-refractivity contribution in [1.29, 1.82) is 0 Å². The number of H-pyrrole nitrogens is 1. The van der Waals surface area contributed by atoms with Crippen molar-refractivity contribution in [3.8, 4) is 11.5 Å². The normalized spacial score (nSPS) is 11.7. The lowest BCUT2D eigenvalue weighted by Crippen LogP contribution is -2.19. The average molecular weight is 427 g/mol. The van der Waals surface area contributed by atoms with Crippen LogP contribution in [0.25, 0.3) is 22.5 Å². The molecule has 4 rings (SSSR count). The standard InChI is InChI=1S/C19H21N7O3S/c1-11-5-8-15(29-11)17-16-18(21-10-22-19(16)25-24-17)23-13-9-12(30(27,28)20-2)6-7-14(13)26(3)4/h5-10,20H,1-4H3,(H2,21,22,23,24,25). The Labute approximate surface area is 173 Å². The monoisotopic (exact) mass is 427 g/mol. The number of hydrogen-bond donors (Lipinski definition) is 3. The lowest BCUT2D eigenvalue weighted by Gasteiger charge is -2.19. The van der Waals surface area contributed by atoms with E-state index in [1.165, 1.54) is 13.4 Å². The molecule has 0 amide bonds. The molecule has 3 aromatic heterocycles. The van der Waals surface area contributed by atoms with Crippen LogP contribution in [0.15, 0.2) is 46.0 Å². The van der Waals surface area contributed by atoms with E-state index in [0.717, 1.165) is 11.4 Å². The van der Waals surface area contributed by atoms with E-state index in [9.17, 15) is 8.42 Å². The summed E-state index contributed by atoms with van der Waals surface area (Å²) in [5, 5.41) is 11.1. The molecule has 3 N–H and O–H groups in total. The molecule has 0 fully saturated rings. The van der Waals surface area contributed by atoms with Gasteiger partial charge >= 0.3 is 0 Å². The summed E-state index contributed by atoms with van der Waals surface area (Å²) in [5.74, 6) is 1.84. The van der Waals surface area contributed by atoms with Gasteiger partial charge in [-0.3, -0.25) is 5.10 Å². The lowest BCUT2D eigenvalue weighted by molar-refractivity contribution is 0.546. The molecule has 4 aromatic rings. The van der Waals surface area contributed by atoms with Gasteiger partial charge in [-0.1, -0.05) is 0 Å². The molecule has 0 saturated heterocycles. The third-order valence-electron chi connectivity index (χ3n) is 4.62. The molecule has 10 nitrogen and oxygen atoms in total. The van der Waals surface area contributed by atoms with E-state index in [4.69, 9.17) is 4.42 Å². The summed E-state index contributed by atoms with van der Waals surface area (Å²) in [5.41, 5.74) is 2.45. The van der Waals surface area contributed by atoms with Crippen LogP contribution in [0.5, 0.6) is 0 Å². The van der Waals surface area contributed by atoms with Crippen LogP contribution in [0.3, 0.4) is 0 Å². The SMILES string of the molecule is CNS(=O)(=O)c1ccc(N(C)C)c(Nc2ncnc3n[nH]c(-c4ccc(C)o4)c23)c1. The van der Waals surface area contributed by atoms with E-state index in [1.54, 1.807) is 18.2 Å². The molecular weight excluding hydrogens is 406 g/mol. The largest absolute Gasteiger partial charge is 0.460 e. The molecular formula is C19H21N7O3S. The van der Waals surface area contributed by atoms with Crippen LogP contribution in [0.2, 0.25) is 0 Å². The number of aromatic nitrogens is 4. The Morgan fingerprint density at radius 1 is 1.13 bits per heavy atom. The van der Waals surface area contributed by atoms with Gasteiger partial charge in [0.15, 0.2) is 11.4 Å². The van der Waals surface area contributed by atoms with Crippen LogP contribution in [0.1, 0.15) is 5.76 Å². The van der Waals surface area contributed by atoms with E-state index in [1.807, 2.05) is 38.1 Å². The van der Waals surface area contributed by atoms with Gasteiger partial charge in [0.05, 0.1) is 21.7 Å². The number of sulfonamides is 1. The second-order valence-corrected chi connectivity index (χ2v) is 8.72. The van der Waals surface area contributed by atoms with Gasteiger partial charge in [-0.25, -0.2) is 23.1 Å². The third-order valence-corrected chi connectivity index (χ3v) is 6.03. The minimum Gasteiger partial charge on any atom is -0.460 e. The van der Waals surface area contributed by atoms with E-state index in [-0.39, 0.29) is 4.90 Å². The first-order chi connectivity index (χ1) is 14.3. The Morgan fingerprint density at radius 2 is 1.93 bits per heavy atom. The van der Waals surface area contributed by atoms with Gasteiger partial charge in [-0.05, 0) is 44.3 Å². The molecule has 0 bridgehead atoms. The van der Waals surface area contributed by atoms with Crippen molar-refractivity contribution < 1.29 is 12.8 Å². The molecule has 0 radical (unpaired) electrons. The number of benzene rings is 1. The van der Waals surface area contributed by atoms with Crippen molar-refractivity contribution in [3.05, 3.63) is 42.4 Å². The van der Waals surface area contributed by atoms with Crippen LogP contribution in [-0.4, -0.2) is 49.7 Å². The van der Waals surface area contributed by atoms with Crippen molar-refractivity contribution in [2.24, 2.45) is 0 Å². The van der Waals surface area contributed by atoms with Crippen LogP contribution in [-0.2, 0) is 10.0 Å². The smallest absolute Gasteiger partial charge is 0.240 e. The molecule has 156 valence electrons. The molecule has 30 heavy (non-hydrogen) atoms. The number of anilines is 3. The van der Waals surface area contributed by atoms with Gasteiger partial charge in [-0.2, -0.15) is 5.10 Å². The first-order valence-electron chi connectivity index (χ1n) is 9.08. The molecule has 11 heteroatoms. The zero-order valence-electron chi connectivity index (χ0n) is 16.9. The Hall–Kier alpha value is -3.44. The number of fused-ring (bicyclic) bond motifs is 1. The van der Waals surface area contributed by atoms with Crippen LogP contribution in [0, 0.1) is 6.92 Å². The van der Waals surface area contributed by atoms with E-state index in [0.29, 0.717) is 34.0 Å². The molecule has 0 atom stereocenters. The van der Waals surface area contributed by atoms with Crippen LogP contribution < -0.4 is 14.9 Å². The number of rotatable bonds is 6. The number of hydrogen-bond acceptors (Lipinski definition) is 8. The molecule has 3 heterocycles. The van der Waals surface area contributed by atoms with Gasteiger partial charge in [0.2, 0.25) is 10.0 Å². The average Bonchev–Trinajstić information content (AvgIpc) is 3.34. The Kier molecular flexibility index (Phi) is 4.92. The van der Waals surface area contributed by atoms with E-state index >= 15 is 0 Å². The minimum absolute atomic E-state index is 0.137. The van der Waals surface area contributed by atoms with Crippen LogP contribution >= 0.6 is 0 Å². The van der Waals surface area contributed by atoms with Gasteiger partial charge in [0.25, 0.3) is 0 Å². The highest BCUT2D eigenvalue weighted by Crippen LogP contribution is 2.35. The van der Waals surface area contributed by atoms with Crippen molar-refractivity contribution >= 4 is 38.2 Å². The molecule has 0 aliphatic carbocycles. The maximum Gasteiger partial charge on any atom is 0.240 e. The fourth-order valence-electron chi connectivity index (χ4n) is 3.12. The lowest BCUT2D eigenvalue weighted by atomic mass is 10.2. The number of nitrogens with zero attached hydrogens (tertiary/aromatic N) is 4. The molecule has 0 aliphatic heterocycles. The number of aromatic amines is 1. The highest BCUT2D eigenvalue weighted by molar-refractivity contribution is 7.89. The predicted octanol–water partition coefficient (Wildman–Crippen LogP) is 2.64. The molecule has 0 saturated carbocycles. The van der Waals surface area contributed by atoms with Gasteiger partial charge in [0.1, 0.15) is 23.6 Å². The second-order valence-electron chi connectivity index (χ2n) is 6.84. The molecule has 1 aromatic carbocycles. The van der Waals surface area contributed by atoms with Crippen LogP contribution in [0.4, 0.5) is 17.2 Å². The van der Waals surface area contributed by atoms with Gasteiger partial charge in [0, 0.05) is 14.1 Å². The number of furan rings is 1. The summed E-state index contributed by atoms with van der Waals surface area (Å²) < 4.78 is 32.7. The number of aryl methyl sites for hydroxylation is 1. The maximum atomic E-state index is 12.3. The highest BCUT2D eigenvalue weighted by atomic mass is 32.2. The first-order valence-corrected chi connectivity index (χ1v) is 10.6. The Balaban J connectivity index is 1.87. The topological polar surface area (TPSA) is 129 Å². The first kappa shape index (κ1) is 19.9. The summed E-state index contributed by atoms with van der Waals surface area (Å²) in [6.45, 7) is 1.86. The highest BCUT2D eigenvalue weighted by Gasteiger charge is 2.19. The van der Waals surface area contributed by atoms with Gasteiger partial charge < -0.3 is 14.6 Å². The third kappa shape index (κ3) is 3.48. The summed E-state index contributed by atoms with van der Waals surface area (Å²) in [6.07, 6.45) is 1.40. The molecule has 0 spiro atoms. The van der Waals surface area contributed by atoms with E-state index in [2.05, 4.69) is 30.2 Å². The van der Waals surface area contributed by atoms with Crippen molar-refractivity contribution in [2.45, 2.75) is 11.8 Å². The summed E-state index contributed by atoms with van der Waals surface area (Å²) >= 11 is 0. The quantitative estimate of drug-likeness (QED) is 0.428. The molecule has 0 aliphatic rings. The Bertz CT molecular complexity index is 1330. The fraction of sp³-hybridized carbons (Fsp3) is 0.211. The zero-order chi connectivity index (χ0) is 21.5. The van der Waals surface area contributed by atoms with E-state index < -0.39 is 10.0 Å². The maximum absolute atomic E-state index is 12.3. The predicted molar refractivity (Wildman–Crippen MR) is 114 cm³/mol. The summed E-state index contributed by atoms with van der Waals surface area (Å²) in [6, 6.07) is 8.54. The molecule has 0 unspecified atom stereocenters. The van der Waals surface area contributed by atoms with Gasteiger partial charge in [-0.15, -0.1) is 0 Å². The second kappa shape index (κ2) is 7.43. The minimum atomic E-state index is -3.61. The number of nitrogens with one attached hydrogen (secondary N) is 3.